The van der Waals surface area contributed by atoms with Gasteiger partial charge >= 0.3 is 0 Å². The second-order valence-corrected chi connectivity index (χ2v) is 4.06. The van der Waals surface area contributed by atoms with Crippen LogP contribution in [0.1, 0.15) is 17.1 Å². The van der Waals surface area contributed by atoms with Crippen LogP contribution in [-0.2, 0) is 6.54 Å². The largest absolute Gasteiger partial charge is 0.359 e. The first-order valence-corrected chi connectivity index (χ1v) is 5.16. The Kier molecular flexibility index (Phi) is 2.25. The first-order chi connectivity index (χ1) is 6.66. The number of hydrogen-bond donors (Lipinski definition) is 1. The fourth-order valence-electron chi connectivity index (χ4n) is 1.27. The molecule has 0 atom stereocenters. The quantitative estimate of drug-likeness (QED) is 0.818. The van der Waals surface area contributed by atoms with Gasteiger partial charge in [0.25, 0.3) is 0 Å². The summed E-state index contributed by atoms with van der Waals surface area (Å²) in [6.45, 7) is 4.46. The lowest BCUT2D eigenvalue weighted by atomic mass is 10.4. The predicted octanol–water partition coefficient (Wildman–Crippen LogP) is 1.68. The summed E-state index contributed by atoms with van der Waals surface area (Å²) in [6.07, 6.45) is 0. The molecule has 2 heterocycles. The summed E-state index contributed by atoms with van der Waals surface area (Å²) in [7, 11) is 0. The minimum atomic E-state index is 0.538. The molecule has 0 bridgehead atoms. The van der Waals surface area contributed by atoms with Crippen LogP contribution in [-0.4, -0.2) is 9.72 Å². The van der Waals surface area contributed by atoms with Crippen molar-refractivity contribution in [2.24, 2.45) is 0 Å². The van der Waals surface area contributed by atoms with E-state index in [2.05, 4.69) is 5.16 Å². The summed E-state index contributed by atoms with van der Waals surface area (Å²) >= 11 is 1.42. The lowest BCUT2D eigenvalue weighted by Crippen LogP contribution is -2.15. The van der Waals surface area contributed by atoms with Crippen molar-refractivity contribution in [3.8, 4) is 0 Å². The molecule has 14 heavy (non-hydrogen) atoms. The van der Waals surface area contributed by atoms with Gasteiger partial charge in [-0.3, -0.25) is 5.41 Å². The molecule has 2 aromatic rings. The molecule has 0 aliphatic rings. The summed E-state index contributed by atoms with van der Waals surface area (Å²) in [5.41, 5.74) is 1.95. The van der Waals surface area contributed by atoms with E-state index in [-0.39, 0.29) is 0 Å². The number of hydrogen-bond acceptors (Lipinski definition) is 4. The van der Waals surface area contributed by atoms with E-state index in [1.807, 2.05) is 29.9 Å². The number of aromatic nitrogens is 2. The third-order valence-corrected chi connectivity index (χ3v) is 2.91. The van der Waals surface area contributed by atoms with Crippen molar-refractivity contribution >= 4 is 11.3 Å². The van der Waals surface area contributed by atoms with Crippen LogP contribution >= 0.6 is 11.3 Å². The van der Waals surface area contributed by atoms with Crippen molar-refractivity contribution in [3.63, 3.8) is 0 Å². The average Bonchev–Trinajstić information content (AvgIpc) is 2.67. The summed E-state index contributed by atoms with van der Waals surface area (Å²) in [6, 6.07) is 1.89. The Morgan fingerprint density at radius 2 is 2.36 bits per heavy atom. The van der Waals surface area contributed by atoms with Gasteiger partial charge in [-0.1, -0.05) is 5.16 Å². The number of nitrogens with one attached hydrogen (secondary N) is 1. The Balaban J connectivity index is 2.31. The van der Waals surface area contributed by atoms with Crippen LogP contribution in [0.15, 0.2) is 16.0 Å². The third kappa shape index (κ3) is 1.63. The first-order valence-electron chi connectivity index (χ1n) is 4.28. The lowest BCUT2D eigenvalue weighted by molar-refractivity contribution is 0.371. The van der Waals surface area contributed by atoms with Crippen molar-refractivity contribution in [2.45, 2.75) is 20.4 Å². The lowest BCUT2D eigenvalue weighted by Gasteiger charge is -2.00. The fourth-order valence-corrected chi connectivity index (χ4v) is 2.02. The van der Waals surface area contributed by atoms with E-state index in [1.165, 1.54) is 11.3 Å². The number of aryl methyl sites for hydroxylation is 2. The summed E-state index contributed by atoms with van der Waals surface area (Å²) < 4.78 is 6.99. The van der Waals surface area contributed by atoms with Crippen molar-refractivity contribution in [1.82, 2.24) is 9.72 Å². The van der Waals surface area contributed by atoms with Gasteiger partial charge in [0.2, 0.25) is 0 Å². The zero-order valence-electron chi connectivity index (χ0n) is 8.07. The van der Waals surface area contributed by atoms with Gasteiger partial charge in [-0.25, -0.2) is 0 Å². The van der Waals surface area contributed by atoms with E-state index in [0.29, 0.717) is 11.3 Å². The molecular formula is C9H11N3OS. The molecule has 0 unspecified atom stereocenters. The van der Waals surface area contributed by atoms with Crippen LogP contribution in [0, 0.1) is 19.3 Å². The van der Waals surface area contributed by atoms with E-state index in [4.69, 9.17) is 9.93 Å². The maximum Gasteiger partial charge on any atom is 0.182 e. The van der Waals surface area contributed by atoms with Gasteiger partial charge in [-0.15, -0.1) is 11.3 Å². The van der Waals surface area contributed by atoms with Crippen LogP contribution < -0.4 is 4.80 Å². The van der Waals surface area contributed by atoms with Gasteiger partial charge in [0.1, 0.15) is 0 Å². The molecule has 0 saturated heterocycles. The van der Waals surface area contributed by atoms with Crippen LogP contribution in [0.25, 0.3) is 0 Å². The molecule has 2 rings (SSSR count). The molecule has 74 valence electrons. The van der Waals surface area contributed by atoms with Crippen molar-refractivity contribution < 1.29 is 4.52 Å². The van der Waals surface area contributed by atoms with Crippen LogP contribution in [0.3, 0.4) is 0 Å². The molecule has 0 fully saturated rings. The zero-order valence-corrected chi connectivity index (χ0v) is 8.89. The van der Waals surface area contributed by atoms with Gasteiger partial charge in [0, 0.05) is 17.1 Å². The predicted molar refractivity (Wildman–Crippen MR) is 53.2 cm³/mol. The SMILES string of the molecule is Cc1cc(Cn2c(C)csc2=N)on1. The third-order valence-electron chi connectivity index (χ3n) is 2.00. The van der Waals surface area contributed by atoms with Gasteiger partial charge in [0.05, 0.1) is 12.2 Å². The molecule has 5 heteroatoms. The maximum atomic E-state index is 7.67. The highest BCUT2D eigenvalue weighted by molar-refractivity contribution is 7.07. The van der Waals surface area contributed by atoms with E-state index in [1.54, 1.807) is 0 Å². The van der Waals surface area contributed by atoms with Gasteiger partial charge in [0.15, 0.2) is 10.6 Å². The number of thiazole rings is 1. The van der Waals surface area contributed by atoms with Crippen LogP contribution in [0.4, 0.5) is 0 Å². The zero-order chi connectivity index (χ0) is 10.1. The molecule has 0 radical (unpaired) electrons. The highest BCUT2D eigenvalue weighted by Gasteiger charge is 2.05. The van der Waals surface area contributed by atoms with Crippen LogP contribution in [0.5, 0.6) is 0 Å². The molecule has 0 saturated carbocycles. The molecule has 0 aliphatic carbocycles. The van der Waals surface area contributed by atoms with E-state index in [0.717, 1.165) is 17.1 Å². The fraction of sp³-hybridized carbons (Fsp3) is 0.333. The van der Waals surface area contributed by atoms with Gasteiger partial charge < -0.3 is 9.09 Å². The normalized spacial score (nSPS) is 10.7. The smallest absolute Gasteiger partial charge is 0.182 e. The highest BCUT2D eigenvalue weighted by Crippen LogP contribution is 2.07. The number of nitrogens with zero attached hydrogens (tertiary/aromatic N) is 2. The summed E-state index contributed by atoms with van der Waals surface area (Å²) in [4.78, 5) is 0.538. The monoisotopic (exact) mass is 209 g/mol. The van der Waals surface area contributed by atoms with E-state index >= 15 is 0 Å². The van der Waals surface area contributed by atoms with Gasteiger partial charge in [-0.05, 0) is 13.8 Å². The molecule has 2 aromatic heterocycles. The second-order valence-electron chi connectivity index (χ2n) is 3.20. The summed E-state index contributed by atoms with van der Waals surface area (Å²) in [5.74, 6) is 0.794. The van der Waals surface area contributed by atoms with Crippen LogP contribution in [0.2, 0.25) is 0 Å². The Morgan fingerprint density at radius 1 is 1.57 bits per heavy atom. The molecule has 0 aliphatic heterocycles. The molecule has 0 aromatic carbocycles. The van der Waals surface area contributed by atoms with Gasteiger partial charge in [-0.2, -0.15) is 0 Å². The van der Waals surface area contributed by atoms with Crippen molar-refractivity contribution in [3.05, 3.63) is 33.4 Å². The minimum Gasteiger partial charge on any atom is -0.359 e. The maximum absolute atomic E-state index is 7.67. The second kappa shape index (κ2) is 3.42. The average molecular weight is 209 g/mol. The molecule has 0 spiro atoms. The highest BCUT2D eigenvalue weighted by atomic mass is 32.1. The topological polar surface area (TPSA) is 54.8 Å². The Hall–Kier alpha value is -1.36. The van der Waals surface area contributed by atoms with Crippen molar-refractivity contribution in [1.29, 1.82) is 5.41 Å². The molecular weight excluding hydrogens is 198 g/mol. The Bertz CT molecular complexity index is 494. The molecule has 1 N–H and O–H groups in total. The standard InChI is InChI=1S/C9H11N3OS/c1-6-3-8(13-11-6)4-12-7(2)5-14-9(12)10/h3,5,10H,4H2,1-2H3. The van der Waals surface area contributed by atoms with E-state index < -0.39 is 0 Å². The molecule has 0 amide bonds. The summed E-state index contributed by atoms with van der Waals surface area (Å²) in [5, 5.41) is 13.4. The molecule has 4 nitrogen and oxygen atoms in total. The number of rotatable bonds is 2. The Labute approximate surface area is 85.3 Å². The van der Waals surface area contributed by atoms with E-state index in [9.17, 15) is 0 Å². The first kappa shape index (κ1) is 9.21. The Morgan fingerprint density at radius 3 is 2.86 bits per heavy atom. The van der Waals surface area contributed by atoms with Crippen molar-refractivity contribution in [2.75, 3.05) is 0 Å². The minimum absolute atomic E-state index is 0.538.